The summed E-state index contributed by atoms with van der Waals surface area (Å²) in [5.74, 6) is -3.38. The van der Waals surface area contributed by atoms with Gasteiger partial charge in [0.1, 0.15) is 12.1 Å². The second kappa shape index (κ2) is 56.2. The predicted octanol–water partition coefficient (Wildman–Crippen LogP) is 11.3. The van der Waals surface area contributed by atoms with Crippen molar-refractivity contribution in [2.24, 2.45) is 0 Å². The number of carbonyl (C=O) groups excluding carboxylic acids is 2. The maximum Gasteiger partial charge on any atom is 0.326 e. The van der Waals surface area contributed by atoms with Gasteiger partial charge >= 0.3 is 17.9 Å². The van der Waals surface area contributed by atoms with Gasteiger partial charge in [-0.05, 0) is 63.5 Å². The van der Waals surface area contributed by atoms with Crippen LogP contribution < -0.4 is 15.7 Å². The molecule has 0 aliphatic carbocycles. The van der Waals surface area contributed by atoms with Crippen molar-refractivity contribution < 1.29 is 39.3 Å². The van der Waals surface area contributed by atoms with Crippen molar-refractivity contribution in [3.63, 3.8) is 0 Å². The molecule has 0 aromatic rings. The Hall–Kier alpha value is -0.860. The Kier molecular flexibility index (Phi) is 64.6. The Morgan fingerprint density at radius 1 is 0.500 bits per heavy atom. The van der Waals surface area contributed by atoms with Crippen LogP contribution in [0.25, 0.3) is 0 Å². The first kappa shape index (κ1) is 64.3. The Bertz CT molecular complexity index is 875. The first-order valence-electron chi connectivity index (χ1n) is 20.7. The van der Waals surface area contributed by atoms with Crippen molar-refractivity contribution in [1.29, 1.82) is 0 Å². The highest BCUT2D eigenvalue weighted by Gasteiger charge is 2.21. The Balaban J connectivity index is -0.000000578. The lowest BCUT2D eigenvalue weighted by molar-refractivity contribution is -0.142. The Morgan fingerprint density at radius 3 is 1.18 bits per heavy atom. The highest BCUT2D eigenvalue weighted by Crippen LogP contribution is 2.15. The van der Waals surface area contributed by atoms with Gasteiger partial charge in [-0.2, -0.15) is 0 Å². The molecule has 56 heavy (non-hydrogen) atoms. The van der Waals surface area contributed by atoms with Crippen LogP contribution in [0.3, 0.4) is 0 Å². The molecule has 0 aliphatic rings. The number of hydrogen-bond donors (Lipinski definition) is 6. The number of aliphatic carboxylic acids is 3. The highest BCUT2D eigenvalue weighted by molar-refractivity contribution is 8.76. The fraction of sp³-hybridized carbons (Fsp3) is 0.875. The molecule has 3 atom stereocenters. The minimum absolute atomic E-state index is 0.0142. The molecule has 0 spiro atoms. The number of carbonyl (C=O) groups is 5. The van der Waals surface area contributed by atoms with Crippen LogP contribution in [-0.2, 0) is 24.0 Å². The fourth-order valence-corrected chi connectivity index (χ4v) is 5.21. The van der Waals surface area contributed by atoms with Gasteiger partial charge in [0.2, 0.25) is 11.8 Å². The van der Waals surface area contributed by atoms with Gasteiger partial charge in [0, 0.05) is 25.8 Å². The fourth-order valence-electron chi connectivity index (χ4n) is 4.90. The third kappa shape index (κ3) is 59.8. The van der Waals surface area contributed by atoms with Crippen LogP contribution in [0.15, 0.2) is 0 Å². The van der Waals surface area contributed by atoms with Crippen LogP contribution in [-0.4, -0.2) is 88.7 Å². The van der Waals surface area contributed by atoms with Crippen LogP contribution >= 0.6 is 52.6 Å². The summed E-state index contributed by atoms with van der Waals surface area (Å²) in [6.45, 7) is 8.63. The van der Waals surface area contributed by atoms with Gasteiger partial charge in [0.05, 0.1) is 0 Å². The van der Waals surface area contributed by atoms with Crippen LogP contribution in [0.4, 0.5) is 0 Å². The summed E-state index contributed by atoms with van der Waals surface area (Å²) >= 11 is 0. The van der Waals surface area contributed by atoms with Crippen LogP contribution in [0.5, 0.6) is 0 Å². The van der Waals surface area contributed by atoms with E-state index >= 15 is 0 Å². The highest BCUT2D eigenvalue weighted by atomic mass is 33.1. The average molecular weight is 894 g/mol. The summed E-state index contributed by atoms with van der Waals surface area (Å²) in [6.07, 6.45) is 29.8. The normalized spacial score (nSPS) is 11.0. The predicted molar refractivity (Wildman–Crippen MR) is 252 cm³/mol. The second-order valence-electron chi connectivity index (χ2n) is 12.8. The zero-order valence-electron chi connectivity index (χ0n) is 36.4. The van der Waals surface area contributed by atoms with Crippen LogP contribution in [0, 0.1) is 0 Å². The molecule has 0 bridgehead atoms. The van der Waals surface area contributed by atoms with E-state index in [-0.39, 0.29) is 37.5 Å². The topological polar surface area (TPSA) is 182 Å². The summed E-state index contributed by atoms with van der Waals surface area (Å²) in [5, 5.41) is 34.9. The number of unbranched alkanes of at least 4 members (excludes halogenated alkanes) is 16. The molecule has 11 nitrogen and oxygen atoms in total. The zero-order chi connectivity index (χ0) is 43.7. The van der Waals surface area contributed by atoms with Crippen LogP contribution in [0.1, 0.15) is 182 Å². The molecule has 0 radical (unpaired) electrons. The molecule has 6 N–H and O–H groups in total. The maximum atomic E-state index is 12.2. The average Bonchev–Trinajstić information content (AvgIpc) is 3.18. The van der Waals surface area contributed by atoms with Crippen molar-refractivity contribution in [1.82, 2.24) is 15.7 Å². The second-order valence-corrected chi connectivity index (χ2v) is 18.5. The lowest BCUT2D eigenvalue weighted by atomic mass is 10.0. The molecule has 2 amide bonds. The summed E-state index contributed by atoms with van der Waals surface area (Å²) in [6, 6.07) is -1.75. The van der Waals surface area contributed by atoms with Crippen molar-refractivity contribution >= 4 is 82.3 Å². The summed E-state index contributed by atoms with van der Waals surface area (Å²) in [4.78, 5) is 57.2. The van der Waals surface area contributed by atoms with Gasteiger partial charge in [-0.1, -0.05) is 177 Å². The summed E-state index contributed by atoms with van der Waals surface area (Å²) in [7, 11) is 9.28. The summed E-state index contributed by atoms with van der Waals surface area (Å²) in [5.41, 5.74) is 0. The van der Waals surface area contributed by atoms with E-state index in [1.807, 2.05) is 13.8 Å². The smallest absolute Gasteiger partial charge is 0.326 e. The number of hydrogen-bond acceptors (Lipinski definition) is 10. The van der Waals surface area contributed by atoms with Crippen molar-refractivity contribution in [2.75, 3.05) is 31.6 Å². The molecular weight excluding hydrogens is 810 g/mol. The number of amides is 2. The minimum Gasteiger partial charge on any atom is -0.481 e. The molecular formula is C40H84N3O8PS4. The number of nitrogens with one attached hydrogen (secondary N) is 3. The molecule has 0 heterocycles. The molecule has 0 saturated carbocycles. The number of rotatable bonds is 33. The Labute approximate surface area is 361 Å². The van der Waals surface area contributed by atoms with E-state index in [4.69, 9.17) is 10.2 Å². The van der Waals surface area contributed by atoms with Crippen molar-refractivity contribution in [2.45, 2.75) is 194 Å². The SMILES string of the molecule is CC.CCC.CSSC.CSSC.O=C(O)CCCCCCCCCCCCCCCCCCC(=O)N[C@@H](CCC(=O)NCCCCC(NP)C(=O)O)C(=O)O. The number of carboxylic acid groups (broad SMARTS) is 3. The summed E-state index contributed by atoms with van der Waals surface area (Å²) < 4.78 is 0. The first-order chi connectivity index (χ1) is 26.9. The Morgan fingerprint density at radius 2 is 0.857 bits per heavy atom. The van der Waals surface area contributed by atoms with Gasteiger partial charge in [-0.25, -0.2) is 4.79 Å². The van der Waals surface area contributed by atoms with Crippen molar-refractivity contribution in [3.8, 4) is 0 Å². The van der Waals surface area contributed by atoms with E-state index in [1.165, 1.54) is 64.2 Å². The van der Waals surface area contributed by atoms with E-state index in [2.05, 4.69) is 64.0 Å². The van der Waals surface area contributed by atoms with Gasteiger partial charge in [0.15, 0.2) is 0 Å². The maximum absolute atomic E-state index is 12.2. The lowest BCUT2D eigenvalue weighted by Crippen LogP contribution is -2.41. The first-order valence-corrected chi connectivity index (χ1v) is 27.3. The monoisotopic (exact) mass is 893 g/mol. The van der Waals surface area contributed by atoms with Crippen molar-refractivity contribution in [3.05, 3.63) is 0 Å². The third-order valence-electron chi connectivity index (χ3n) is 7.91. The largest absolute Gasteiger partial charge is 0.481 e. The third-order valence-corrected chi connectivity index (χ3v) is 11.0. The van der Waals surface area contributed by atoms with Crippen LogP contribution in [0.2, 0.25) is 0 Å². The molecule has 336 valence electrons. The molecule has 0 rings (SSSR count). The van der Waals surface area contributed by atoms with Gasteiger partial charge in [0.25, 0.3) is 0 Å². The molecule has 2 unspecified atom stereocenters. The molecule has 0 aromatic heterocycles. The quantitative estimate of drug-likeness (QED) is 0.0208. The molecule has 0 aliphatic heterocycles. The molecule has 16 heteroatoms. The lowest BCUT2D eigenvalue weighted by Gasteiger charge is -2.14. The minimum atomic E-state index is -1.16. The van der Waals surface area contributed by atoms with E-state index < -0.39 is 30.0 Å². The molecule has 0 saturated heterocycles. The van der Waals surface area contributed by atoms with Gasteiger partial charge < -0.3 is 26.0 Å². The van der Waals surface area contributed by atoms with Gasteiger partial charge in [-0.3, -0.25) is 24.3 Å². The van der Waals surface area contributed by atoms with E-state index in [0.29, 0.717) is 32.2 Å². The standard InChI is InChI=1S/C31H58N3O8P.C3H8.2C2H6S2.C2H6/c35-27(32-24-18-17-19-26(34-43)31(41)42)23-22-25(30(39)40)33-28(36)20-15-13-11-9-7-5-3-1-2-4-6-8-10-12-14-16-21-29(37)38;1-3-2;2*1-3-4-2;1-2/h25-26,34H,1-24,43H2,(H,32,35)(H,33,36)(H,37,38)(H,39,40)(H,41,42);3H2,1-2H3;2*1-2H3;1-2H3/t25-,26?;;;;/m0..../s1. The number of carboxylic acids is 3. The zero-order valence-corrected chi connectivity index (χ0v) is 40.8. The molecule has 0 fully saturated rings. The van der Waals surface area contributed by atoms with Gasteiger partial charge in [-0.15, -0.1) is 0 Å². The molecule has 0 aromatic carbocycles. The van der Waals surface area contributed by atoms with E-state index in [0.717, 1.165) is 38.5 Å². The van der Waals surface area contributed by atoms with E-state index in [9.17, 15) is 29.1 Å². The van der Waals surface area contributed by atoms with E-state index in [1.54, 1.807) is 43.2 Å².